The average molecular weight is 454 g/mol. The van der Waals surface area contributed by atoms with Crippen LogP contribution < -0.4 is 9.47 Å². The second kappa shape index (κ2) is 11.6. The van der Waals surface area contributed by atoms with Gasteiger partial charge in [0.05, 0.1) is 20.3 Å². The van der Waals surface area contributed by atoms with Gasteiger partial charge in [-0.2, -0.15) is 0 Å². The molecule has 1 aliphatic heterocycles. The Balaban J connectivity index is 1.87. The van der Waals surface area contributed by atoms with Crippen LogP contribution in [0, 0.1) is 5.92 Å². The number of carbonyl (C=O) groups is 1. The molecule has 2 aromatic rings. The fraction of sp³-hybridized carbons (Fsp3) is 0.536. The van der Waals surface area contributed by atoms with Crippen molar-refractivity contribution in [3.63, 3.8) is 0 Å². The van der Waals surface area contributed by atoms with Crippen LogP contribution in [-0.4, -0.2) is 44.3 Å². The van der Waals surface area contributed by atoms with E-state index >= 15 is 0 Å². The number of amides is 1. The standard InChI is InChI=1S/C28H39NO4/c1-6-27(30)29(20-22-11-13-23(31-4)14-12-22)17-15-28(16-18-33-26(19-28)21(2)3)24-9-7-8-10-25(24)32-5/h7-14,21,26H,6,15-20H2,1-5H3/t26-,28-/m1/s1. The Kier molecular flexibility index (Phi) is 8.79. The lowest BCUT2D eigenvalue weighted by Crippen LogP contribution is -2.44. The molecule has 0 unspecified atom stereocenters. The number of hydrogen-bond acceptors (Lipinski definition) is 4. The van der Waals surface area contributed by atoms with Gasteiger partial charge in [0.25, 0.3) is 0 Å². The van der Waals surface area contributed by atoms with E-state index in [4.69, 9.17) is 14.2 Å². The third-order valence-corrected chi connectivity index (χ3v) is 6.97. The summed E-state index contributed by atoms with van der Waals surface area (Å²) in [7, 11) is 3.40. The van der Waals surface area contributed by atoms with E-state index in [1.165, 1.54) is 5.56 Å². The number of para-hydroxylation sites is 1. The Hall–Kier alpha value is -2.53. The molecule has 0 saturated carbocycles. The smallest absolute Gasteiger partial charge is 0.222 e. The zero-order valence-electron chi connectivity index (χ0n) is 20.8. The van der Waals surface area contributed by atoms with E-state index in [2.05, 4.69) is 26.0 Å². The summed E-state index contributed by atoms with van der Waals surface area (Å²) in [6.45, 7) is 8.40. The molecule has 0 aromatic heterocycles. The van der Waals surface area contributed by atoms with Crippen molar-refractivity contribution in [1.82, 2.24) is 4.90 Å². The summed E-state index contributed by atoms with van der Waals surface area (Å²) in [5.74, 6) is 2.36. The number of carbonyl (C=O) groups excluding carboxylic acids is 1. The summed E-state index contributed by atoms with van der Waals surface area (Å²) >= 11 is 0. The second-order valence-corrected chi connectivity index (χ2v) is 9.35. The zero-order valence-corrected chi connectivity index (χ0v) is 20.8. The molecule has 0 bridgehead atoms. The van der Waals surface area contributed by atoms with Crippen molar-refractivity contribution in [1.29, 1.82) is 0 Å². The number of benzene rings is 2. The first-order valence-corrected chi connectivity index (χ1v) is 12.1. The molecule has 1 aliphatic rings. The largest absolute Gasteiger partial charge is 0.497 e. The maximum Gasteiger partial charge on any atom is 0.222 e. The fourth-order valence-corrected chi connectivity index (χ4v) is 4.88. The van der Waals surface area contributed by atoms with E-state index < -0.39 is 0 Å². The third-order valence-electron chi connectivity index (χ3n) is 6.97. The fourth-order valence-electron chi connectivity index (χ4n) is 4.88. The first-order chi connectivity index (χ1) is 15.9. The van der Waals surface area contributed by atoms with Crippen molar-refractivity contribution in [2.45, 2.75) is 64.5 Å². The minimum atomic E-state index is -0.0913. The van der Waals surface area contributed by atoms with E-state index in [1.54, 1.807) is 14.2 Å². The average Bonchev–Trinajstić information content (AvgIpc) is 2.86. The molecule has 180 valence electrons. The highest BCUT2D eigenvalue weighted by atomic mass is 16.5. The van der Waals surface area contributed by atoms with Gasteiger partial charge in [-0.3, -0.25) is 4.79 Å². The van der Waals surface area contributed by atoms with Crippen LogP contribution in [0.25, 0.3) is 0 Å². The number of rotatable bonds is 10. The summed E-state index contributed by atoms with van der Waals surface area (Å²) in [6, 6.07) is 16.3. The maximum absolute atomic E-state index is 12.9. The highest BCUT2D eigenvalue weighted by molar-refractivity contribution is 5.75. The number of ether oxygens (including phenoxy) is 3. The van der Waals surface area contributed by atoms with E-state index in [1.807, 2.05) is 48.2 Å². The molecule has 1 amide bonds. The quantitative estimate of drug-likeness (QED) is 0.469. The number of methoxy groups -OCH3 is 2. The molecular formula is C28H39NO4. The molecule has 1 fully saturated rings. The predicted octanol–water partition coefficient (Wildman–Crippen LogP) is 5.61. The normalized spacial score (nSPS) is 20.5. The Morgan fingerprint density at radius 2 is 1.85 bits per heavy atom. The van der Waals surface area contributed by atoms with Crippen LogP contribution in [0.2, 0.25) is 0 Å². The minimum absolute atomic E-state index is 0.0913. The maximum atomic E-state index is 12.9. The molecule has 0 radical (unpaired) electrons. The van der Waals surface area contributed by atoms with E-state index in [-0.39, 0.29) is 17.4 Å². The van der Waals surface area contributed by atoms with Gasteiger partial charge in [0.2, 0.25) is 5.91 Å². The summed E-state index contributed by atoms with van der Waals surface area (Å²) in [4.78, 5) is 14.9. The molecule has 0 aliphatic carbocycles. The van der Waals surface area contributed by atoms with Crippen LogP contribution in [-0.2, 0) is 21.5 Å². The van der Waals surface area contributed by atoms with Crippen LogP contribution >= 0.6 is 0 Å². The molecule has 5 heteroatoms. The van der Waals surface area contributed by atoms with Crippen molar-refractivity contribution < 1.29 is 19.0 Å². The van der Waals surface area contributed by atoms with Crippen molar-refractivity contribution in [2.24, 2.45) is 5.92 Å². The lowest BCUT2D eigenvalue weighted by Gasteiger charge is -2.44. The van der Waals surface area contributed by atoms with Crippen LogP contribution in [0.3, 0.4) is 0 Å². The van der Waals surface area contributed by atoms with Crippen LogP contribution in [0.4, 0.5) is 0 Å². The Bertz CT molecular complexity index is 895. The van der Waals surface area contributed by atoms with Crippen molar-refractivity contribution in [2.75, 3.05) is 27.4 Å². The van der Waals surface area contributed by atoms with E-state index in [0.717, 1.165) is 42.9 Å². The van der Waals surface area contributed by atoms with Crippen LogP contribution in [0.1, 0.15) is 57.6 Å². The summed E-state index contributed by atoms with van der Waals surface area (Å²) in [6.07, 6.45) is 3.42. The Morgan fingerprint density at radius 1 is 1.12 bits per heavy atom. The lowest BCUT2D eigenvalue weighted by atomic mass is 9.68. The lowest BCUT2D eigenvalue weighted by molar-refractivity contribution is -0.132. The molecule has 1 saturated heterocycles. The monoisotopic (exact) mass is 453 g/mol. The van der Waals surface area contributed by atoms with Gasteiger partial charge in [-0.05, 0) is 48.9 Å². The topological polar surface area (TPSA) is 48.0 Å². The number of hydrogen-bond donors (Lipinski definition) is 0. The van der Waals surface area contributed by atoms with Gasteiger partial charge in [-0.1, -0.05) is 51.1 Å². The first kappa shape index (κ1) is 25.1. The van der Waals surface area contributed by atoms with Gasteiger partial charge in [0.15, 0.2) is 0 Å². The summed E-state index contributed by atoms with van der Waals surface area (Å²) in [5, 5.41) is 0. The summed E-state index contributed by atoms with van der Waals surface area (Å²) < 4.78 is 17.2. The molecule has 2 aromatic carbocycles. The van der Waals surface area contributed by atoms with E-state index in [0.29, 0.717) is 25.4 Å². The van der Waals surface area contributed by atoms with E-state index in [9.17, 15) is 4.79 Å². The predicted molar refractivity (Wildman–Crippen MR) is 132 cm³/mol. The number of nitrogens with zero attached hydrogens (tertiary/aromatic N) is 1. The van der Waals surface area contributed by atoms with Gasteiger partial charge in [0, 0.05) is 37.1 Å². The summed E-state index contributed by atoms with van der Waals surface area (Å²) in [5.41, 5.74) is 2.25. The third kappa shape index (κ3) is 6.08. The molecule has 2 atom stereocenters. The molecular weight excluding hydrogens is 414 g/mol. The Morgan fingerprint density at radius 3 is 2.48 bits per heavy atom. The highest BCUT2D eigenvalue weighted by Crippen LogP contribution is 2.45. The second-order valence-electron chi connectivity index (χ2n) is 9.35. The highest BCUT2D eigenvalue weighted by Gasteiger charge is 2.41. The zero-order chi connectivity index (χ0) is 23.8. The van der Waals surface area contributed by atoms with Crippen LogP contribution in [0.5, 0.6) is 11.5 Å². The van der Waals surface area contributed by atoms with Crippen molar-refractivity contribution >= 4 is 5.91 Å². The van der Waals surface area contributed by atoms with Gasteiger partial charge < -0.3 is 19.1 Å². The van der Waals surface area contributed by atoms with Crippen molar-refractivity contribution in [3.8, 4) is 11.5 Å². The molecule has 0 spiro atoms. The molecule has 33 heavy (non-hydrogen) atoms. The Labute approximate surface area is 199 Å². The first-order valence-electron chi connectivity index (χ1n) is 12.1. The molecule has 5 nitrogen and oxygen atoms in total. The van der Waals surface area contributed by atoms with Crippen molar-refractivity contribution in [3.05, 3.63) is 59.7 Å². The SMILES string of the molecule is CCC(=O)N(CC[C@@]1(c2ccccc2OC)CCO[C@@H](C(C)C)C1)Cc1ccc(OC)cc1. The van der Waals surface area contributed by atoms with Gasteiger partial charge in [0.1, 0.15) is 11.5 Å². The molecule has 3 rings (SSSR count). The van der Waals surface area contributed by atoms with Gasteiger partial charge in [-0.25, -0.2) is 0 Å². The van der Waals surface area contributed by atoms with Gasteiger partial charge >= 0.3 is 0 Å². The molecule has 1 heterocycles. The minimum Gasteiger partial charge on any atom is -0.497 e. The van der Waals surface area contributed by atoms with Gasteiger partial charge in [-0.15, -0.1) is 0 Å². The van der Waals surface area contributed by atoms with Crippen LogP contribution in [0.15, 0.2) is 48.5 Å². The molecule has 0 N–H and O–H groups in total.